The number of likely N-dealkylation sites (N-methyl/N-ethyl adjacent to an activating group) is 1. The van der Waals surface area contributed by atoms with Gasteiger partial charge in [-0.2, -0.15) is 0 Å². The molecule has 0 radical (unpaired) electrons. The molecule has 0 fully saturated rings. The molecule has 1 aliphatic rings. The topological polar surface area (TPSA) is 68.0 Å². The zero-order valence-corrected chi connectivity index (χ0v) is 16.9. The number of aromatic nitrogens is 1. The fourth-order valence-electron chi connectivity index (χ4n) is 3.56. The van der Waals surface area contributed by atoms with E-state index in [0.29, 0.717) is 12.2 Å². The number of oxazole rings is 1. The molecular formula is C21H29N3O4. The van der Waals surface area contributed by atoms with Gasteiger partial charge in [0.25, 0.3) is 0 Å². The van der Waals surface area contributed by atoms with Gasteiger partial charge in [0, 0.05) is 26.1 Å². The van der Waals surface area contributed by atoms with Crippen molar-refractivity contribution >= 4 is 5.91 Å². The molecule has 0 aliphatic carbocycles. The number of fused-ring (bicyclic) bond motifs is 1. The van der Waals surface area contributed by atoms with E-state index >= 15 is 0 Å². The Hall–Kier alpha value is -2.54. The van der Waals surface area contributed by atoms with Gasteiger partial charge in [-0.3, -0.25) is 4.79 Å². The third-order valence-corrected chi connectivity index (χ3v) is 5.25. The van der Waals surface area contributed by atoms with Crippen molar-refractivity contribution in [2.45, 2.75) is 25.7 Å². The Morgan fingerprint density at radius 2 is 1.93 bits per heavy atom. The molecule has 3 rings (SSSR count). The van der Waals surface area contributed by atoms with Crippen molar-refractivity contribution in [3.63, 3.8) is 0 Å². The number of amides is 1. The molecule has 0 bridgehead atoms. The van der Waals surface area contributed by atoms with Crippen LogP contribution in [-0.2, 0) is 24.1 Å². The minimum absolute atomic E-state index is 0.177. The summed E-state index contributed by atoms with van der Waals surface area (Å²) in [5.74, 6) is 1.57. The number of methoxy groups -OCH3 is 2. The number of ether oxygens (including phenoxy) is 2. The second-order valence-electron chi connectivity index (χ2n) is 7.17. The van der Waals surface area contributed by atoms with E-state index in [1.807, 2.05) is 17.0 Å². The van der Waals surface area contributed by atoms with Crippen molar-refractivity contribution in [2.24, 2.45) is 0 Å². The van der Waals surface area contributed by atoms with Crippen LogP contribution < -0.4 is 9.47 Å². The van der Waals surface area contributed by atoms with Gasteiger partial charge >= 0.3 is 0 Å². The van der Waals surface area contributed by atoms with Gasteiger partial charge in [-0.1, -0.05) is 0 Å². The van der Waals surface area contributed by atoms with E-state index < -0.39 is 0 Å². The first-order valence-corrected chi connectivity index (χ1v) is 9.68. The van der Waals surface area contributed by atoms with Crippen LogP contribution in [-0.4, -0.2) is 68.1 Å². The van der Waals surface area contributed by atoms with E-state index in [2.05, 4.69) is 16.9 Å². The second kappa shape index (κ2) is 9.59. The Labute approximate surface area is 166 Å². The van der Waals surface area contributed by atoms with Crippen LogP contribution in [0, 0.1) is 0 Å². The maximum absolute atomic E-state index is 12.7. The molecule has 2 aromatic rings. The second-order valence-corrected chi connectivity index (χ2v) is 7.17. The quantitative estimate of drug-likeness (QED) is 0.657. The van der Waals surface area contributed by atoms with Crippen molar-refractivity contribution in [3.05, 3.63) is 41.6 Å². The highest BCUT2D eigenvalue weighted by atomic mass is 16.5. The molecule has 28 heavy (non-hydrogen) atoms. The summed E-state index contributed by atoms with van der Waals surface area (Å²) in [5.41, 5.74) is 3.17. The van der Waals surface area contributed by atoms with Gasteiger partial charge in [-0.15, -0.1) is 0 Å². The highest BCUT2D eigenvalue weighted by molar-refractivity contribution is 5.80. The van der Waals surface area contributed by atoms with Crippen LogP contribution in [0.15, 0.2) is 29.2 Å². The molecule has 1 aromatic heterocycles. The number of carbonyl (C=O) groups is 1. The monoisotopic (exact) mass is 387 g/mol. The lowest BCUT2D eigenvalue weighted by Gasteiger charge is -2.22. The molecule has 2 heterocycles. The van der Waals surface area contributed by atoms with Gasteiger partial charge < -0.3 is 23.7 Å². The van der Waals surface area contributed by atoms with Gasteiger partial charge in [0.1, 0.15) is 6.26 Å². The minimum Gasteiger partial charge on any atom is -0.493 e. The summed E-state index contributed by atoms with van der Waals surface area (Å²) >= 11 is 0. The molecule has 0 spiro atoms. The van der Waals surface area contributed by atoms with Crippen molar-refractivity contribution in [1.29, 1.82) is 0 Å². The van der Waals surface area contributed by atoms with Crippen molar-refractivity contribution < 1.29 is 18.7 Å². The smallest absolute Gasteiger partial charge is 0.227 e. The third kappa shape index (κ3) is 5.04. The summed E-state index contributed by atoms with van der Waals surface area (Å²) in [6.07, 6.45) is 6.22. The summed E-state index contributed by atoms with van der Waals surface area (Å²) in [6.45, 7) is 3.38. The van der Waals surface area contributed by atoms with Crippen molar-refractivity contribution in [2.75, 3.05) is 47.4 Å². The number of hydrogen-bond donors (Lipinski definition) is 0. The molecule has 0 N–H and O–H groups in total. The lowest BCUT2D eigenvalue weighted by Crippen LogP contribution is -2.35. The number of benzene rings is 1. The molecule has 0 saturated heterocycles. The maximum atomic E-state index is 12.7. The van der Waals surface area contributed by atoms with Crippen LogP contribution >= 0.6 is 0 Å². The zero-order chi connectivity index (χ0) is 19.9. The van der Waals surface area contributed by atoms with Gasteiger partial charge in [0.2, 0.25) is 5.91 Å². The average molecular weight is 387 g/mol. The van der Waals surface area contributed by atoms with E-state index in [4.69, 9.17) is 13.9 Å². The largest absolute Gasteiger partial charge is 0.493 e. The van der Waals surface area contributed by atoms with Crippen LogP contribution in [0.3, 0.4) is 0 Å². The zero-order valence-electron chi connectivity index (χ0n) is 16.9. The fourth-order valence-corrected chi connectivity index (χ4v) is 3.56. The van der Waals surface area contributed by atoms with Crippen LogP contribution in [0.1, 0.15) is 23.2 Å². The van der Waals surface area contributed by atoms with Crippen molar-refractivity contribution in [3.8, 4) is 11.5 Å². The molecule has 0 unspecified atom stereocenters. The first kappa shape index (κ1) is 20.2. The third-order valence-electron chi connectivity index (χ3n) is 5.25. The molecule has 7 nitrogen and oxygen atoms in total. The van der Waals surface area contributed by atoms with Crippen LogP contribution in [0.4, 0.5) is 0 Å². The lowest BCUT2D eigenvalue weighted by atomic mass is 10.0. The van der Waals surface area contributed by atoms with Gasteiger partial charge in [0.05, 0.1) is 26.3 Å². The molecule has 0 atom stereocenters. The van der Waals surface area contributed by atoms with E-state index in [1.54, 1.807) is 20.5 Å². The number of nitrogens with zero attached hydrogens (tertiary/aromatic N) is 3. The Bertz CT molecular complexity index is 776. The summed E-state index contributed by atoms with van der Waals surface area (Å²) in [4.78, 5) is 21.1. The number of rotatable bonds is 9. The lowest BCUT2D eigenvalue weighted by molar-refractivity contribution is -0.130. The summed E-state index contributed by atoms with van der Waals surface area (Å²) < 4.78 is 15.8. The van der Waals surface area contributed by atoms with E-state index in [1.165, 1.54) is 12.0 Å². The Morgan fingerprint density at radius 3 is 2.61 bits per heavy atom. The molecule has 7 heteroatoms. The van der Waals surface area contributed by atoms with E-state index in [-0.39, 0.29) is 5.91 Å². The van der Waals surface area contributed by atoms with Crippen molar-refractivity contribution in [1.82, 2.24) is 14.8 Å². The molecule has 1 amide bonds. The molecule has 0 saturated carbocycles. The van der Waals surface area contributed by atoms with E-state index in [9.17, 15) is 4.79 Å². The standard InChI is InChI=1S/C21H29N3O4/c1-23(9-6-18-14-28-15-22-18)7-4-8-24-10-5-16-11-19(26-2)20(27-3)12-17(16)13-21(24)25/h11-12,14-15H,4-10,13H2,1-3H3. The van der Waals surface area contributed by atoms with Crippen LogP contribution in [0.25, 0.3) is 0 Å². The Morgan fingerprint density at radius 1 is 1.18 bits per heavy atom. The Kier molecular flexibility index (Phi) is 6.92. The minimum atomic E-state index is 0.177. The van der Waals surface area contributed by atoms with Gasteiger partial charge in [-0.25, -0.2) is 4.98 Å². The molecule has 152 valence electrons. The highest BCUT2D eigenvalue weighted by Gasteiger charge is 2.22. The van der Waals surface area contributed by atoms with Gasteiger partial charge in [-0.05, 0) is 49.7 Å². The normalized spacial score (nSPS) is 14.1. The average Bonchev–Trinajstić information content (AvgIpc) is 3.17. The molecule has 1 aliphatic heterocycles. The number of carbonyl (C=O) groups excluding carboxylic acids is 1. The summed E-state index contributed by atoms with van der Waals surface area (Å²) in [6, 6.07) is 3.94. The SMILES string of the molecule is COc1cc2c(cc1OC)CC(=O)N(CCCN(C)CCc1cocn1)CC2. The molecular weight excluding hydrogens is 358 g/mol. The van der Waals surface area contributed by atoms with Crippen LogP contribution in [0.5, 0.6) is 11.5 Å². The fraction of sp³-hybridized carbons (Fsp3) is 0.524. The first-order chi connectivity index (χ1) is 13.6. The van der Waals surface area contributed by atoms with Gasteiger partial charge in [0.15, 0.2) is 17.9 Å². The predicted molar refractivity (Wildman–Crippen MR) is 106 cm³/mol. The maximum Gasteiger partial charge on any atom is 0.227 e. The number of hydrogen-bond acceptors (Lipinski definition) is 6. The predicted octanol–water partition coefficient (Wildman–Crippen LogP) is 2.18. The first-order valence-electron chi connectivity index (χ1n) is 9.68. The van der Waals surface area contributed by atoms with Crippen LogP contribution in [0.2, 0.25) is 0 Å². The highest BCUT2D eigenvalue weighted by Crippen LogP contribution is 2.32. The Balaban J connectivity index is 1.50. The van der Waals surface area contributed by atoms with E-state index in [0.717, 1.165) is 62.4 Å². The molecule has 1 aromatic carbocycles. The summed E-state index contributed by atoms with van der Waals surface area (Å²) in [7, 11) is 5.35. The summed E-state index contributed by atoms with van der Waals surface area (Å²) in [5, 5.41) is 0.